The van der Waals surface area contributed by atoms with Gasteiger partial charge in [0.2, 0.25) is 0 Å². The highest BCUT2D eigenvalue weighted by atomic mass is 31.2. The summed E-state index contributed by atoms with van der Waals surface area (Å²) in [6.07, 6.45) is 69.8. The Morgan fingerprint density at radius 1 is 0.405 bits per heavy atom. The van der Waals surface area contributed by atoms with E-state index in [0.717, 1.165) is 128 Å². The van der Waals surface area contributed by atoms with Gasteiger partial charge < -0.3 is 24.2 Å². The zero-order chi connectivity index (χ0) is 54.1. The van der Waals surface area contributed by atoms with Crippen molar-refractivity contribution in [3.05, 3.63) is 146 Å². The molecule has 416 valence electrons. The number of unbranched alkanes of at least 4 members (excludes halogenated alkanes) is 9. The number of aliphatic hydroxyl groups is 1. The molecule has 0 radical (unpaired) electrons. The van der Waals surface area contributed by atoms with Crippen molar-refractivity contribution in [1.29, 1.82) is 0 Å². The molecule has 0 aliphatic rings. The number of allylic oxidation sites excluding steroid dienone is 23. The average molecular weight is 1050 g/mol. The van der Waals surface area contributed by atoms with E-state index in [4.69, 9.17) is 23.3 Å². The monoisotopic (exact) mass is 1050 g/mol. The van der Waals surface area contributed by atoms with Crippen LogP contribution in [-0.2, 0) is 42.2 Å². The zero-order valence-corrected chi connectivity index (χ0v) is 46.6. The minimum Gasteiger partial charge on any atom is -0.462 e. The van der Waals surface area contributed by atoms with Gasteiger partial charge in [0.1, 0.15) is 12.7 Å². The van der Waals surface area contributed by atoms with Crippen LogP contribution in [0.2, 0.25) is 0 Å². The van der Waals surface area contributed by atoms with Gasteiger partial charge in [-0.15, -0.1) is 0 Å². The van der Waals surface area contributed by atoms with E-state index >= 15 is 0 Å². The first-order valence-corrected chi connectivity index (χ1v) is 29.2. The number of phosphoric acid groups is 1. The van der Waals surface area contributed by atoms with Gasteiger partial charge in [-0.1, -0.05) is 199 Å². The predicted molar refractivity (Wildman–Crippen MR) is 306 cm³/mol. The minimum absolute atomic E-state index is 0.0816. The van der Waals surface area contributed by atoms with Crippen molar-refractivity contribution in [3.63, 3.8) is 0 Å². The lowest BCUT2D eigenvalue weighted by atomic mass is 10.1. The number of aliphatic hydroxyl groups excluding tert-OH is 1. The van der Waals surface area contributed by atoms with E-state index < -0.39 is 64.4 Å². The third-order valence-corrected chi connectivity index (χ3v) is 11.7. The molecule has 0 bridgehead atoms. The number of carbonyl (C=O) groups is 3. The second-order valence-electron chi connectivity index (χ2n) is 17.6. The van der Waals surface area contributed by atoms with Crippen LogP contribution in [0.1, 0.15) is 188 Å². The minimum atomic E-state index is -4.79. The molecule has 3 unspecified atom stereocenters. The summed E-state index contributed by atoms with van der Waals surface area (Å²) in [6.45, 7) is 4.15. The average Bonchev–Trinajstić information content (AvgIpc) is 3.39. The maximum atomic E-state index is 12.9. The Morgan fingerprint density at radius 2 is 0.757 bits per heavy atom. The maximum absolute atomic E-state index is 12.9. The number of esters is 3. The first-order valence-electron chi connectivity index (χ1n) is 27.7. The molecule has 0 spiro atoms. The van der Waals surface area contributed by atoms with Crippen LogP contribution in [0.25, 0.3) is 0 Å². The first kappa shape index (κ1) is 69.4. The van der Waals surface area contributed by atoms with Crippen molar-refractivity contribution >= 4 is 25.7 Å². The fourth-order valence-electron chi connectivity index (χ4n) is 6.61. The van der Waals surface area contributed by atoms with Gasteiger partial charge in [-0.05, 0) is 116 Å². The van der Waals surface area contributed by atoms with Crippen LogP contribution in [0.5, 0.6) is 0 Å². The van der Waals surface area contributed by atoms with Gasteiger partial charge >= 0.3 is 25.7 Å². The van der Waals surface area contributed by atoms with Gasteiger partial charge in [-0.25, -0.2) is 4.57 Å². The summed E-state index contributed by atoms with van der Waals surface area (Å²) in [5.41, 5.74) is 0. The third-order valence-electron chi connectivity index (χ3n) is 10.7. The Morgan fingerprint density at radius 3 is 1.20 bits per heavy atom. The molecule has 0 heterocycles. The van der Waals surface area contributed by atoms with E-state index in [1.165, 1.54) is 0 Å². The number of hydrogen-bond acceptors (Lipinski definition) is 10. The molecule has 0 amide bonds. The van der Waals surface area contributed by atoms with Crippen LogP contribution in [0.3, 0.4) is 0 Å². The van der Waals surface area contributed by atoms with E-state index in [0.29, 0.717) is 19.3 Å². The fourth-order valence-corrected chi connectivity index (χ4v) is 7.40. The number of carbonyl (C=O) groups excluding carboxylic acids is 3. The molecule has 0 saturated carbocycles. The molecule has 12 heteroatoms. The summed E-state index contributed by atoms with van der Waals surface area (Å²) >= 11 is 0. The molecule has 0 rings (SSSR count). The zero-order valence-electron chi connectivity index (χ0n) is 45.7. The van der Waals surface area contributed by atoms with E-state index in [2.05, 4.69) is 142 Å². The Labute approximate surface area is 448 Å². The highest BCUT2D eigenvalue weighted by Crippen LogP contribution is 2.43. The Bertz CT molecular complexity index is 1800. The Balaban J connectivity index is 4.93. The Hall–Kier alpha value is -4.64. The first-order chi connectivity index (χ1) is 36.2. The van der Waals surface area contributed by atoms with Crippen LogP contribution in [0.15, 0.2) is 146 Å². The van der Waals surface area contributed by atoms with E-state index in [9.17, 15) is 28.9 Å². The number of ether oxygens (including phenoxy) is 3. The van der Waals surface area contributed by atoms with Crippen molar-refractivity contribution in [1.82, 2.24) is 0 Å². The highest BCUT2D eigenvalue weighted by Gasteiger charge is 2.28. The quantitative estimate of drug-likeness (QED) is 0.0197. The summed E-state index contributed by atoms with van der Waals surface area (Å²) in [4.78, 5) is 48.4. The maximum Gasteiger partial charge on any atom is 0.472 e. The van der Waals surface area contributed by atoms with Gasteiger partial charge in [0.25, 0.3) is 0 Å². The highest BCUT2D eigenvalue weighted by molar-refractivity contribution is 7.47. The molecule has 0 aliphatic heterocycles. The SMILES string of the molecule is CC/C=C\C/C=C\C/C=C\C/C=C\C/C=C\CCCCCC(=O)OCC(COP(=O)(O)OCC(CO)OC(=O)CCCCCCC/C=C\C/C=C\CCC)OC(=O)C/C=C\C/C=C\C/C=C\C/C=C\C/C=C\CC. The third kappa shape index (κ3) is 52.2. The molecular weight excluding hydrogens is 952 g/mol. The molecule has 11 nitrogen and oxygen atoms in total. The van der Waals surface area contributed by atoms with Crippen molar-refractivity contribution < 1.29 is 52.2 Å². The molecular formula is C62H97O11P. The smallest absolute Gasteiger partial charge is 0.462 e. The number of phosphoric ester groups is 1. The molecule has 0 aromatic rings. The lowest BCUT2D eigenvalue weighted by Crippen LogP contribution is -2.30. The second kappa shape index (κ2) is 54.6. The molecule has 0 aromatic carbocycles. The molecule has 0 saturated heterocycles. The van der Waals surface area contributed by atoms with Crippen LogP contribution in [-0.4, -0.2) is 66.5 Å². The number of rotatable bonds is 49. The summed E-state index contributed by atoms with van der Waals surface area (Å²) in [6, 6.07) is 0. The van der Waals surface area contributed by atoms with Gasteiger partial charge in [0, 0.05) is 12.8 Å². The summed E-state index contributed by atoms with van der Waals surface area (Å²) in [5.74, 6) is -1.69. The van der Waals surface area contributed by atoms with Crippen molar-refractivity contribution in [2.24, 2.45) is 0 Å². The van der Waals surface area contributed by atoms with Crippen LogP contribution in [0, 0.1) is 0 Å². The molecule has 2 N–H and O–H groups in total. The summed E-state index contributed by atoms with van der Waals surface area (Å²) in [7, 11) is -4.79. The lowest BCUT2D eigenvalue weighted by Gasteiger charge is -2.21. The van der Waals surface area contributed by atoms with Gasteiger partial charge in [0.15, 0.2) is 6.10 Å². The van der Waals surface area contributed by atoms with Gasteiger partial charge in [-0.3, -0.25) is 23.4 Å². The summed E-state index contributed by atoms with van der Waals surface area (Å²) in [5, 5.41) is 9.79. The van der Waals surface area contributed by atoms with Crippen LogP contribution in [0.4, 0.5) is 0 Å². The van der Waals surface area contributed by atoms with E-state index in [-0.39, 0.29) is 19.3 Å². The topological polar surface area (TPSA) is 155 Å². The normalized spacial score (nSPS) is 14.5. The van der Waals surface area contributed by atoms with Gasteiger partial charge in [0.05, 0.1) is 26.2 Å². The largest absolute Gasteiger partial charge is 0.472 e. The van der Waals surface area contributed by atoms with Gasteiger partial charge in [-0.2, -0.15) is 0 Å². The molecule has 3 atom stereocenters. The second-order valence-corrected chi connectivity index (χ2v) is 19.1. The van der Waals surface area contributed by atoms with Crippen molar-refractivity contribution in [3.8, 4) is 0 Å². The summed E-state index contributed by atoms with van der Waals surface area (Å²) < 4.78 is 39.3. The molecule has 0 aliphatic carbocycles. The predicted octanol–water partition coefficient (Wildman–Crippen LogP) is 16.4. The molecule has 0 aromatic heterocycles. The Kier molecular flexibility index (Phi) is 51.2. The van der Waals surface area contributed by atoms with Crippen LogP contribution < -0.4 is 0 Å². The lowest BCUT2D eigenvalue weighted by molar-refractivity contribution is -0.160. The van der Waals surface area contributed by atoms with Crippen molar-refractivity contribution in [2.45, 2.75) is 200 Å². The number of hydrogen-bond donors (Lipinski definition) is 2. The van der Waals surface area contributed by atoms with Crippen molar-refractivity contribution in [2.75, 3.05) is 26.4 Å². The standard InChI is InChI=1S/C62H97O11P/c1-4-7-10-13-16-19-22-25-27-28-29-30-32-34-36-39-42-45-48-51-60(64)69-55-59(73-62(66)53-50-47-44-41-38-35-31-26-23-20-17-14-11-8-5-2)57-71-74(67,68)70-56-58(54-63)72-61(65)52-49-46-43-40-37-33-24-21-18-15-12-9-6-3/h7-8,10-12,15-17,19-21,24-27,29-31,34,36,38,41,47,50,58-59,63H,4-6,9,13-14,18,22-23,28,32-33,35,37,39-40,42-46,48-49,51-57H2,1-3H3,(H,67,68)/b10-7-,11-8-,15-12-,19-16-,20-17-,24-21-,27-25-,30-29-,31-26-,36-34-,41-38-,50-47-. The van der Waals surface area contributed by atoms with E-state index in [1.807, 2.05) is 18.2 Å². The fraction of sp³-hybridized carbons (Fsp3) is 0.565. The van der Waals surface area contributed by atoms with Crippen LogP contribution >= 0.6 is 7.82 Å². The molecule has 0 fully saturated rings. The molecule has 74 heavy (non-hydrogen) atoms. The van der Waals surface area contributed by atoms with E-state index in [1.54, 1.807) is 6.08 Å².